The molecule has 0 unspecified atom stereocenters. The summed E-state index contributed by atoms with van der Waals surface area (Å²) >= 11 is 0. The number of aromatic nitrogens is 3. The number of rotatable bonds is 1. The second kappa shape index (κ2) is 2.37. The summed E-state index contributed by atoms with van der Waals surface area (Å²) in [4.78, 5) is 8.09. The predicted octanol–water partition coefficient (Wildman–Crippen LogP) is 0.353. The van der Waals surface area contributed by atoms with Crippen LogP contribution in [-0.4, -0.2) is 21.4 Å². The smallest absolute Gasteiger partial charge is 0.237 e. The lowest BCUT2D eigenvalue weighted by molar-refractivity contribution is 1.11. The van der Waals surface area contributed by atoms with E-state index in [9.17, 15) is 0 Å². The van der Waals surface area contributed by atoms with Gasteiger partial charge in [0.25, 0.3) is 0 Å². The van der Waals surface area contributed by atoms with Crippen molar-refractivity contribution in [2.75, 3.05) is 18.1 Å². The Kier molecular flexibility index (Phi) is 1.36. The summed E-state index contributed by atoms with van der Waals surface area (Å²) < 4.78 is 1.80. The number of hydrogen-bond acceptors (Lipinski definition) is 4. The maximum absolute atomic E-state index is 5.63. The van der Waals surface area contributed by atoms with E-state index in [1.165, 1.54) is 0 Å². The van der Waals surface area contributed by atoms with Crippen molar-refractivity contribution in [3.63, 3.8) is 0 Å². The van der Waals surface area contributed by atoms with Gasteiger partial charge in [0.15, 0.2) is 11.6 Å². The van der Waals surface area contributed by atoms with E-state index in [0.29, 0.717) is 11.6 Å². The van der Waals surface area contributed by atoms with Crippen LogP contribution in [0.1, 0.15) is 0 Å². The second-order valence-electron chi connectivity index (χ2n) is 2.39. The van der Waals surface area contributed by atoms with Gasteiger partial charge in [-0.1, -0.05) is 0 Å². The number of anilines is 2. The molecular weight excluding hydrogens is 154 g/mol. The molecule has 2 aromatic rings. The number of nitrogens with one attached hydrogen (secondary N) is 1. The highest BCUT2D eigenvalue weighted by atomic mass is 15.2. The molecule has 0 aliphatic heterocycles. The van der Waals surface area contributed by atoms with Crippen LogP contribution in [0.5, 0.6) is 0 Å². The summed E-state index contributed by atoms with van der Waals surface area (Å²) in [5.74, 6) is 1.86. The molecule has 0 aromatic carbocycles. The lowest BCUT2D eigenvalue weighted by Gasteiger charge is -1.98. The molecule has 62 valence electrons. The van der Waals surface area contributed by atoms with Crippen molar-refractivity contribution < 1.29 is 0 Å². The highest BCUT2D eigenvalue weighted by Gasteiger charge is 2.06. The average molecular weight is 163 g/mol. The third-order valence-electron chi connectivity index (χ3n) is 1.67. The van der Waals surface area contributed by atoms with Crippen molar-refractivity contribution in [2.24, 2.45) is 0 Å². The zero-order valence-corrected chi connectivity index (χ0v) is 6.65. The Morgan fingerprint density at radius 3 is 3.17 bits per heavy atom. The van der Waals surface area contributed by atoms with E-state index in [4.69, 9.17) is 5.73 Å². The van der Waals surface area contributed by atoms with Crippen molar-refractivity contribution in [1.82, 2.24) is 14.4 Å². The summed E-state index contributed by atoms with van der Waals surface area (Å²) in [5.41, 5.74) is 5.63. The fourth-order valence-corrected chi connectivity index (χ4v) is 1.15. The summed E-state index contributed by atoms with van der Waals surface area (Å²) in [6.45, 7) is 0. The lowest BCUT2D eigenvalue weighted by Crippen LogP contribution is -1.97. The monoisotopic (exact) mass is 163 g/mol. The molecule has 0 spiro atoms. The molecule has 0 aliphatic carbocycles. The van der Waals surface area contributed by atoms with Crippen LogP contribution in [0.4, 0.5) is 11.6 Å². The van der Waals surface area contributed by atoms with E-state index in [-0.39, 0.29) is 0 Å². The van der Waals surface area contributed by atoms with Gasteiger partial charge in [0.05, 0.1) is 0 Å². The van der Waals surface area contributed by atoms with Crippen molar-refractivity contribution in [3.8, 4) is 0 Å². The maximum Gasteiger partial charge on any atom is 0.237 e. The van der Waals surface area contributed by atoms with Crippen molar-refractivity contribution in [1.29, 1.82) is 0 Å². The Balaban J connectivity index is 2.81. The lowest BCUT2D eigenvalue weighted by atomic mass is 10.6. The third-order valence-corrected chi connectivity index (χ3v) is 1.67. The SMILES string of the molecule is CNc1c(N)nc2ncccn12. The van der Waals surface area contributed by atoms with Crippen LogP contribution in [0, 0.1) is 0 Å². The first-order valence-corrected chi connectivity index (χ1v) is 3.59. The first-order chi connectivity index (χ1) is 5.83. The van der Waals surface area contributed by atoms with Crippen LogP contribution in [0.15, 0.2) is 18.5 Å². The van der Waals surface area contributed by atoms with Crippen LogP contribution in [0.2, 0.25) is 0 Å². The third kappa shape index (κ3) is 0.795. The van der Waals surface area contributed by atoms with Gasteiger partial charge in [0, 0.05) is 19.4 Å². The second-order valence-corrected chi connectivity index (χ2v) is 2.39. The molecule has 0 fully saturated rings. The molecule has 0 aliphatic rings. The Labute approximate surface area is 69.2 Å². The summed E-state index contributed by atoms with van der Waals surface area (Å²) in [6.07, 6.45) is 3.54. The van der Waals surface area contributed by atoms with E-state index >= 15 is 0 Å². The Hall–Kier alpha value is -1.78. The molecule has 0 radical (unpaired) electrons. The van der Waals surface area contributed by atoms with E-state index in [2.05, 4.69) is 15.3 Å². The topological polar surface area (TPSA) is 68.2 Å². The number of nitrogens with zero attached hydrogens (tertiary/aromatic N) is 3. The fourth-order valence-electron chi connectivity index (χ4n) is 1.15. The Morgan fingerprint density at radius 2 is 2.42 bits per heavy atom. The number of nitrogens with two attached hydrogens (primary N) is 1. The van der Waals surface area contributed by atoms with Gasteiger partial charge >= 0.3 is 0 Å². The quantitative estimate of drug-likeness (QED) is 0.636. The van der Waals surface area contributed by atoms with Crippen molar-refractivity contribution in [2.45, 2.75) is 0 Å². The van der Waals surface area contributed by atoms with Crippen LogP contribution in [0.25, 0.3) is 5.78 Å². The molecule has 5 heteroatoms. The first-order valence-electron chi connectivity index (χ1n) is 3.59. The van der Waals surface area contributed by atoms with E-state index in [0.717, 1.165) is 5.82 Å². The van der Waals surface area contributed by atoms with Gasteiger partial charge in [-0.05, 0) is 6.07 Å². The van der Waals surface area contributed by atoms with E-state index in [1.807, 2.05) is 12.3 Å². The van der Waals surface area contributed by atoms with Crippen LogP contribution < -0.4 is 11.1 Å². The van der Waals surface area contributed by atoms with Crippen molar-refractivity contribution in [3.05, 3.63) is 18.5 Å². The van der Waals surface area contributed by atoms with Crippen LogP contribution in [0.3, 0.4) is 0 Å². The molecule has 3 N–H and O–H groups in total. The number of nitrogen functional groups attached to an aromatic ring is 1. The van der Waals surface area contributed by atoms with Crippen LogP contribution >= 0.6 is 0 Å². The minimum atomic E-state index is 0.469. The first kappa shape index (κ1) is 6.90. The number of fused-ring (bicyclic) bond motifs is 1. The van der Waals surface area contributed by atoms with Crippen molar-refractivity contribution >= 4 is 17.4 Å². The summed E-state index contributed by atoms with van der Waals surface area (Å²) in [7, 11) is 1.80. The molecule has 0 amide bonds. The van der Waals surface area contributed by atoms with E-state index in [1.54, 1.807) is 17.6 Å². The highest BCUT2D eigenvalue weighted by molar-refractivity contribution is 5.63. The predicted molar refractivity (Wildman–Crippen MR) is 46.9 cm³/mol. The normalized spacial score (nSPS) is 10.4. The molecule has 0 saturated heterocycles. The van der Waals surface area contributed by atoms with Gasteiger partial charge in [-0.2, -0.15) is 4.98 Å². The minimum Gasteiger partial charge on any atom is -0.381 e. The highest BCUT2D eigenvalue weighted by Crippen LogP contribution is 2.16. The Bertz CT molecular complexity index is 405. The average Bonchev–Trinajstić information content (AvgIpc) is 2.40. The molecule has 0 atom stereocenters. The molecular formula is C7H9N5. The van der Waals surface area contributed by atoms with E-state index < -0.39 is 0 Å². The molecule has 0 bridgehead atoms. The van der Waals surface area contributed by atoms with Gasteiger partial charge in [0.2, 0.25) is 5.78 Å². The molecule has 5 nitrogen and oxygen atoms in total. The minimum absolute atomic E-state index is 0.469. The number of hydrogen-bond donors (Lipinski definition) is 2. The number of imidazole rings is 1. The molecule has 2 aromatic heterocycles. The standard InChI is InChI=1S/C7H9N5/c1-9-6-5(8)11-7-10-3-2-4-12(6)7/h2-4,9H,8H2,1H3. The molecule has 2 rings (SSSR count). The largest absolute Gasteiger partial charge is 0.381 e. The van der Waals surface area contributed by atoms with Gasteiger partial charge < -0.3 is 11.1 Å². The fraction of sp³-hybridized carbons (Fsp3) is 0.143. The van der Waals surface area contributed by atoms with Gasteiger partial charge in [-0.15, -0.1) is 0 Å². The summed E-state index contributed by atoms with van der Waals surface area (Å²) in [6, 6.07) is 1.83. The molecule has 0 saturated carbocycles. The maximum atomic E-state index is 5.63. The molecule has 2 heterocycles. The zero-order chi connectivity index (χ0) is 8.55. The van der Waals surface area contributed by atoms with Gasteiger partial charge in [0.1, 0.15) is 0 Å². The molecule has 12 heavy (non-hydrogen) atoms. The van der Waals surface area contributed by atoms with Crippen LogP contribution in [-0.2, 0) is 0 Å². The van der Waals surface area contributed by atoms with Gasteiger partial charge in [-0.3, -0.25) is 4.40 Å². The Morgan fingerprint density at radius 1 is 1.58 bits per heavy atom. The summed E-state index contributed by atoms with van der Waals surface area (Å²) in [5, 5.41) is 2.95. The van der Waals surface area contributed by atoms with Gasteiger partial charge in [-0.25, -0.2) is 4.98 Å². The zero-order valence-electron chi connectivity index (χ0n) is 6.65.